The van der Waals surface area contributed by atoms with Crippen molar-refractivity contribution in [3.63, 3.8) is 0 Å². The molecule has 0 saturated carbocycles. The van der Waals surface area contributed by atoms with Crippen molar-refractivity contribution in [3.05, 3.63) is 60.2 Å². The van der Waals surface area contributed by atoms with Crippen LogP contribution in [0.4, 0.5) is 10.8 Å². The van der Waals surface area contributed by atoms with E-state index in [9.17, 15) is 4.79 Å². The number of carbonyl (C=O) groups excluding carboxylic acids is 1. The molecule has 1 saturated heterocycles. The highest BCUT2D eigenvalue weighted by Crippen LogP contribution is 2.39. The van der Waals surface area contributed by atoms with E-state index in [-0.39, 0.29) is 5.91 Å². The van der Waals surface area contributed by atoms with Gasteiger partial charge in [0.25, 0.3) is 0 Å². The molecule has 8 heteroatoms. The number of aromatic nitrogens is 2. The fourth-order valence-corrected chi connectivity index (χ4v) is 5.28. The van der Waals surface area contributed by atoms with E-state index < -0.39 is 5.25 Å². The van der Waals surface area contributed by atoms with Gasteiger partial charge in [-0.15, -0.1) is 10.2 Å². The van der Waals surface area contributed by atoms with Crippen molar-refractivity contribution in [1.29, 1.82) is 0 Å². The molecule has 1 fully saturated rings. The van der Waals surface area contributed by atoms with E-state index in [0.717, 1.165) is 28.1 Å². The topological polar surface area (TPSA) is 67.3 Å². The number of nitrogens with one attached hydrogen (secondary N) is 1. The lowest BCUT2D eigenvalue weighted by molar-refractivity contribution is -0.115. The van der Waals surface area contributed by atoms with Gasteiger partial charge in [-0.3, -0.25) is 4.79 Å². The maximum absolute atomic E-state index is 13.2. The summed E-state index contributed by atoms with van der Waals surface area (Å²) in [5.74, 6) is 0.596. The van der Waals surface area contributed by atoms with Gasteiger partial charge in [-0.2, -0.15) is 0 Å². The standard InChI is InChI=1S/C21H22N4O2S2/c1-27-17-11-7-10-16(14-17)22-19(26)18(15-8-3-2-4-9-15)28-21-24-23-20(29-21)25-12-5-6-13-25/h2-4,7-11,14,18H,5-6,12-13H2,1H3,(H,22,26). The number of ether oxygens (including phenoxy) is 1. The normalized spacial score (nSPS) is 14.6. The fraction of sp³-hybridized carbons (Fsp3) is 0.286. The molecule has 0 bridgehead atoms. The fourth-order valence-electron chi connectivity index (χ4n) is 3.20. The van der Waals surface area contributed by atoms with Crippen molar-refractivity contribution in [2.75, 3.05) is 30.4 Å². The molecule has 1 amide bonds. The van der Waals surface area contributed by atoms with Crippen molar-refractivity contribution >= 4 is 39.8 Å². The monoisotopic (exact) mass is 426 g/mol. The number of hydrogen-bond acceptors (Lipinski definition) is 7. The second-order valence-electron chi connectivity index (χ2n) is 6.67. The minimum atomic E-state index is -0.429. The number of methoxy groups -OCH3 is 1. The molecule has 1 aromatic heterocycles. The Labute approximate surface area is 178 Å². The zero-order valence-electron chi connectivity index (χ0n) is 16.1. The minimum absolute atomic E-state index is 0.104. The van der Waals surface area contributed by atoms with Crippen LogP contribution in [0.1, 0.15) is 23.7 Å². The van der Waals surface area contributed by atoms with Gasteiger partial charge in [-0.25, -0.2) is 0 Å². The summed E-state index contributed by atoms with van der Waals surface area (Å²) >= 11 is 2.98. The Kier molecular flexibility index (Phi) is 6.31. The summed E-state index contributed by atoms with van der Waals surface area (Å²) < 4.78 is 6.04. The number of benzene rings is 2. The Bertz CT molecular complexity index is 958. The highest BCUT2D eigenvalue weighted by molar-refractivity contribution is 8.02. The van der Waals surface area contributed by atoms with Crippen molar-refractivity contribution in [2.45, 2.75) is 22.4 Å². The molecule has 1 unspecified atom stereocenters. The minimum Gasteiger partial charge on any atom is -0.497 e. The number of carbonyl (C=O) groups is 1. The van der Waals surface area contributed by atoms with Crippen LogP contribution < -0.4 is 15.0 Å². The van der Waals surface area contributed by atoms with Gasteiger partial charge >= 0.3 is 0 Å². The molecular formula is C21H22N4O2S2. The lowest BCUT2D eigenvalue weighted by Crippen LogP contribution is -2.19. The van der Waals surface area contributed by atoms with E-state index >= 15 is 0 Å². The van der Waals surface area contributed by atoms with Crippen molar-refractivity contribution < 1.29 is 9.53 Å². The zero-order chi connectivity index (χ0) is 20.1. The molecule has 6 nitrogen and oxygen atoms in total. The van der Waals surface area contributed by atoms with Crippen LogP contribution in [0.25, 0.3) is 0 Å². The zero-order valence-corrected chi connectivity index (χ0v) is 17.7. The summed E-state index contributed by atoms with van der Waals surface area (Å²) in [4.78, 5) is 15.4. The molecule has 1 atom stereocenters. The van der Waals surface area contributed by atoms with Crippen LogP contribution in [0.2, 0.25) is 0 Å². The Hall–Kier alpha value is -2.58. The van der Waals surface area contributed by atoms with Gasteiger partial charge in [0.2, 0.25) is 11.0 Å². The van der Waals surface area contributed by atoms with Gasteiger partial charge in [0, 0.05) is 24.8 Å². The van der Waals surface area contributed by atoms with Crippen molar-refractivity contribution in [3.8, 4) is 5.75 Å². The van der Waals surface area contributed by atoms with Crippen LogP contribution in [0.3, 0.4) is 0 Å². The predicted molar refractivity (Wildman–Crippen MR) is 118 cm³/mol. The quantitative estimate of drug-likeness (QED) is 0.556. The van der Waals surface area contributed by atoms with Gasteiger partial charge in [0.05, 0.1) is 7.11 Å². The first-order chi connectivity index (χ1) is 14.2. The number of anilines is 2. The van der Waals surface area contributed by atoms with E-state index in [4.69, 9.17) is 4.74 Å². The van der Waals surface area contributed by atoms with Crippen LogP contribution >= 0.6 is 23.1 Å². The second kappa shape index (κ2) is 9.28. The van der Waals surface area contributed by atoms with Gasteiger partial charge in [0.15, 0.2) is 4.34 Å². The van der Waals surface area contributed by atoms with Crippen LogP contribution in [0.15, 0.2) is 58.9 Å². The first kappa shape index (κ1) is 19.7. The van der Waals surface area contributed by atoms with Crippen molar-refractivity contribution in [1.82, 2.24) is 10.2 Å². The average Bonchev–Trinajstić information content (AvgIpc) is 3.44. The first-order valence-corrected chi connectivity index (χ1v) is 11.2. The third-order valence-corrected chi connectivity index (χ3v) is 6.99. The molecule has 1 aliphatic heterocycles. The highest BCUT2D eigenvalue weighted by atomic mass is 32.2. The number of rotatable bonds is 7. The third kappa shape index (κ3) is 4.89. The average molecular weight is 427 g/mol. The smallest absolute Gasteiger partial charge is 0.242 e. The highest BCUT2D eigenvalue weighted by Gasteiger charge is 2.25. The number of nitrogens with zero attached hydrogens (tertiary/aromatic N) is 3. The molecule has 29 heavy (non-hydrogen) atoms. The molecule has 0 spiro atoms. The second-order valence-corrected chi connectivity index (χ2v) is 8.98. The number of hydrogen-bond donors (Lipinski definition) is 1. The summed E-state index contributed by atoms with van der Waals surface area (Å²) in [5, 5.41) is 12.2. The predicted octanol–water partition coefficient (Wildman–Crippen LogP) is 4.62. The maximum Gasteiger partial charge on any atom is 0.242 e. The molecule has 4 rings (SSSR count). The summed E-state index contributed by atoms with van der Waals surface area (Å²) in [5.41, 5.74) is 1.63. The summed E-state index contributed by atoms with van der Waals surface area (Å²) in [6, 6.07) is 17.1. The van der Waals surface area contributed by atoms with Gasteiger partial charge in [0.1, 0.15) is 11.0 Å². The Balaban J connectivity index is 1.54. The summed E-state index contributed by atoms with van der Waals surface area (Å²) in [6.45, 7) is 2.05. The Morgan fingerprint density at radius 1 is 1.14 bits per heavy atom. The molecule has 0 aliphatic carbocycles. The van der Waals surface area contributed by atoms with Crippen LogP contribution in [-0.2, 0) is 4.79 Å². The molecule has 1 N–H and O–H groups in total. The van der Waals surface area contributed by atoms with E-state index in [1.165, 1.54) is 24.6 Å². The van der Waals surface area contributed by atoms with Gasteiger partial charge in [-0.1, -0.05) is 59.5 Å². The molecule has 1 aliphatic rings. The van der Waals surface area contributed by atoms with Gasteiger partial charge < -0.3 is 15.0 Å². The Morgan fingerprint density at radius 3 is 2.69 bits per heavy atom. The van der Waals surface area contributed by atoms with E-state index in [1.807, 2.05) is 48.5 Å². The largest absolute Gasteiger partial charge is 0.497 e. The van der Waals surface area contributed by atoms with Crippen LogP contribution in [0, 0.1) is 0 Å². The number of amides is 1. The Morgan fingerprint density at radius 2 is 1.93 bits per heavy atom. The maximum atomic E-state index is 13.2. The molecule has 150 valence electrons. The van der Waals surface area contributed by atoms with Crippen LogP contribution in [0.5, 0.6) is 5.75 Å². The third-order valence-electron chi connectivity index (χ3n) is 4.67. The SMILES string of the molecule is COc1cccc(NC(=O)C(Sc2nnc(N3CCCC3)s2)c2ccccc2)c1. The molecule has 2 aromatic carbocycles. The lowest BCUT2D eigenvalue weighted by Gasteiger charge is -2.16. The van der Waals surface area contributed by atoms with E-state index in [1.54, 1.807) is 24.5 Å². The van der Waals surface area contributed by atoms with E-state index in [2.05, 4.69) is 20.4 Å². The molecular weight excluding hydrogens is 404 g/mol. The van der Waals surface area contributed by atoms with Crippen molar-refractivity contribution in [2.24, 2.45) is 0 Å². The van der Waals surface area contributed by atoms with E-state index in [0.29, 0.717) is 11.4 Å². The molecule has 2 heterocycles. The molecule has 3 aromatic rings. The summed E-state index contributed by atoms with van der Waals surface area (Å²) in [6.07, 6.45) is 2.38. The summed E-state index contributed by atoms with van der Waals surface area (Å²) in [7, 11) is 1.61. The molecule has 0 radical (unpaired) electrons. The number of thioether (sulfide) groups is 1. The van der Waals surface area contributed by atoms with Crippen LogP contribution in [-0.4, -0.2) is 36.3 Å². The lowest BCUT2D eigenvalue weighted by atomic mass is 10.1. The van der Waals surface area contributed by atoms with Gasteiger partial charge in [-0.05, 0) is 30.5 Å². The first-order valence-electron chi connectivity index (χ1n) is 9.48.